The molecule has 1 amide bonds. The lowest BCUT2D eigenvalue weighted by Gasteiger charge is -2.25. The minimum atomic E-state index is -4.36. The van der Waals surface area contributed by atoms with Crippen LogP contribution in [0.25, 0.3) is 0 Å². The van der Waals surface area contributed by atoms with Gasteiger partial charge >= 0.3 is 7.82 Å². The zero-order valence-corrected chi connectivity index (χ0v) is 47.9. The normalized spacial score (nSPS) is 14.2. The maximum atomic E-state index is 13.0. The Kier molecular flexibility index (Phi) is 51.2. The van der Waals surface area contributed by atoms with Gasteiger partial charge in [-0.15, -0.1) is 0 Å². The minimum Gasteiger partial charge on any atom is -0.387 e. The topological polar surface area (TPSA) is 105 Å². The van der Waals surface area contributed by atoms with Gasteiger partial charge in [-0.1, -0.05) is 262 Å². The summed E-state index contributed by atoms with van der Waals surface area (Å²) in [6, 6.07) is -0.865. The molecule has 0 aromatic rings. The van der Waals surface area contributed by atoms with Crippen molar-refractivity contribution in [2.75, 3.05) is 40.9 Å². The maximum Gasteiger partial charge on any atom is 0.472 e. The van der Waals surface area contributed by atoms with Gasteiger partial charge in [-0.25, -0.2) is 4.57 Å². The first-order valence-corrected chi connectivity index (χ1v) is 31.5. The highest BCUT2D eigenvalue weighted by molar-refractivity contribution is 7.47. The lowest BCUT2D eigenvalue weighted by molar-refractivity contribution is -0.870. The van der Waals surface area contributed by atoms with Crippen molar-refractivity contribution in [2.24, 2.45) is 0 Å². The zero-order chi connectivity index (χ0) is 51.3. The number of unbranched alkanes of at least 4 members (excludes halogenated alkanes) is 36. The van der Waals surface area contributed by atoms with Crippen molar-refractivity contribution in [3.63, 3.8) is 0 Å². The molecule has 0 aliphatic rings. The quantitative estimate of drug-likeness (QED) is 0.0243. The fraction of sp³-hybridized carbons (Fsp3) is 0.852. The monoisotopic (exact) mass is 1010 g/mol. The Morgan fingerprint density at radius 3 is 1.23 bits per heavy atom. The van der Waals surface area contributed by atoms with Crippen LogP contribution in [0.15, 0.2) is 48.6 Å². The number of aliphatic hydroxyl groups excluding tert-OH is 1. The van der Waals surface area contributed by atoms with Crippen LogP contribution in [-0.2, 0) is 18.4 Å². The van der Waals surface area contributed by atoms with E-state index in [0.717, 1.165) is 44.9 Å². The van der Waals surface area contributed by atoms with E-state index in [1.165, 1.54) is 218 Å². The van der Waals surface area contributed by atoms with Crippen molar-refractivity contribution in [1.29, 1.82) is 0 Å². The molecule has 412 valence electrons. The summed E-state index contributed by atoms with van der Waals surface area (Å²) in [7, 11) is 1.56. The van der Waals surface area contributed by atoms with Gasteiger partial charge in [0.25, 0.3) is 0 Å². The molecule has 0 saturated heterocycles. The first-order valence-electron chi connectivity index (χ1n) is 30.0. The van der Waals surface area contributed by atoms with E-state index in [1.54, 1.807) is 6.08 Å². The molecule has 0 rings (SSSR count). The van der Waals surface area contributed by atoms with Gasteiger partial charge in [0.05, 0.1) is 39.9 Å². The molecule has 3 unspecified atom stereocenters. The molecule has 0 saturated carbocycles. The van der Waals surface area contributed by atoms with E-state index in [-0.39, 0.29) is 19.1 Å². The summed E-state index contributed by atoms with van der Waals surface area (Å²) in [5.41, 5.74) is 0. The molecule has 0 fully saturated rings. The van der Waals surface area contributed by atoms with Gasteiger partial charge in [-0.3, -0.25) is 13.8 Å². The average molecular weight is 1010 g/mol. The number of hydrogen-bond acceptors (Lipinski definition) is 5. The van der Waals surface area contributed by atoms with E-state index >= 15 is 0 Å². The number of nitrogens with one attached hydrogen (secondary N) is 1. The number of aliphatic hydroxyl groups is 1. The Morgan fingerprint density at radius 1 is 0.486 bits per heavy atom. The summed E-state index contributed by atoms with van der Waals surface area (Å²) in [5, 5.41) is 13.9. The first kappa shape index (κ1) is 68.5. The van der Waals surface area contributed by atoms with Gasteiger partial charge in [-0.05, 0) is 64.2 Å². The Labute approximate surface area is 435 Å². The number of nitrogens with zero attached hydrogens (tertiary/aromatic N) is 1. The largest absolute Gasteiger partial charge is 0.472 e. The number of phosphoric ester groups is 1. The van der Waals surface area contributed by atoms with Crippen LogP contribution in [-0.4, -0.2) is 73.4 Å². The number of amides is 1. The van der Waals surface area contributed by atoms with E-state index < -0.39 is 20.0 Å². The molecule has 0 aliphatic carbocycles. The summed E-state index contributed by atoms with van der Waals surface area (Å²) in [4.78, 5) is 23.3. The van der Waals surface area contributed by atoms with Gasteiger partial charge in [-0.2, -0.15) is 0 Å². The van der Waals surface area contributed by atoms with Crippen LogP contribution in [0.5, 0.6) is 0 Å². The number of carbonyl (C=O) groups excluding carboxylic acids is 1. The number of rotatable bonds is 55. The van der Waals surface area contributed by atoms with Crippen LogP contribution in [0, 0.1) is 0 Å². The van der Waals surface area contributed by atoms with Crippen LogP contribution in [0.2, 0.25) is 0 Å². The lowest BCUT2D eigenvalue weighted by Crippen LogP contribution is -2.45. The van der Waals surface area contributed by atoms with Crippen LogP contribution in [0.3, 0.4) is 0 Å². The first-order chi connectivity index (χ1) is 34.0. The molecule has 0 radical (unpaired) electrons. The van der Waals surface area contributed by atoms with Crippen LogP contribution in [0.1, 0.15) is 284 Å². The Bertz CT molecular complexity index is 1280. The lowest BCUT2D eigenvalue weighted by atomic mass is 10.0. The highest BCUT2D eigenvalue weighted by Gasteiger charge is 2.27. The Morgan fingerprint density at radius 2 is 0.829 bits per heavy atom. The van der Waals surface area contributed by atoms with Gasteiger partial charge in [0.1, 0.15) is 13.2 Å². The molecule has 3 atom stereocenters. The summed E-state index contributed by atoms with van der Waals surface area (Å²) < 4.78 is 23.7. The standard InChI is InChI=1S/C61H117N2O6P/c1-6-8-10-12-14-16-18-20-22-24-26-27-28-29-30-31-32-33-34-35-37-39-41-43-45-47-49-51-53-55-61(65)62-59(58-69-70(66,67)68-57-56-63(3,4)5)60(64)54-52-50-48-46-44-42-40-38-36-25-23-21-19-17-15-13-11-9-7-2/h26-27,29-30,44,46,52,54,59-60,64H,6-25,28,31-43,45,47-51,53,55-58H2,1-5H3,(H-,62,65,66,67)/p+1/b27-26-,30-29-,46-44+,54-52+. The molecular weight excluding hydrogens is 888 g/mol. The predicted molar refractivity (Wildman–Crippen MR) is 304 cm³/mol. The van der Waals surface area contributed by atoms with Gasteiger partial charge in [0.2, 0.25) is 5.91 Å². The van der Waals surface area contributed by atoms with Crippen molar-refractivity contribution in [1.82, 2.24) is 5.32 Å². The number of likely N-dealkylation sites (N-methyl/N-ethyl adjacent to an activating group) is 1. The van der Waals surface area contributed by atoms with E-state index in [9.17, 15) is 19.4 Å². The van der Waals surface area contributed by atoms with Crippen molar-refractivity contribution in [3.8, 4) is 0 Å². The molecule has 3 N–H and O–H groups in total. The summed E-state index contributed by atoms with van der Waals surface area (Å²) in [6.07, 6.45) is 69.4. The van der Waals surface area contributed by atoms with E-state index in [4.69, 9.17) is 9.05 Å². The second kappa shape index (κ2) is 52.3. The van der Waals surface area contributed by atoms with Crippen LogP contribution in [0.4, 0.5) is 0 Å². The third-order valence-corrected chi connectivity index (χ3v) is 14.5. The predicted octanol–water partition coefficient (Wildman–Crippen LogP) is 18.3. The molecular formula is C61H118N2O6P+. The summed E-state index contributed by atoms with van der Waals surface area (Å²) in [5.74, 6) is -0.185. The second-order valence-corrected chi connectivity index (χ2v) is 23.2. The number of allylic oxidation sites excluding steroid dienone is 7. The molecule has 0 bridgehead atoms. The summed E-state index contributed by atoms with van der Waals surface area (Å²) in [6.45, 7) is 4.82. The molecule has 0 spiro atoms. The molecule has 8 nitrogen and oxygen atoms in total. The van der Waals surface area contributed by atoms with Crippen molar-refractivity contribution < 1.29 is 32.9 Å². The number of phosphoric acid groups is 1. The van der Waals surface area contributed by atoms with Gasteiger partial charge in [0, 0.05) is 6.42 Å². The number of quaternary nitrogens is 1. The third-order valence-electron chi connectivity index (χ3n) is 13.5. The van der Waals surface area contributed by atoms with Crippen molar-refractivity contribution >= 4 is 13.7 Å². The van der Waals surface area contributed by atoms with Crippen LogP contribution >= 0.6 is 7.82 Å². The highest BCUT2D eigenvalue weighted by atomic mass is 31.2. The molecule has 70 heavy (non-hydrogen) atoms. The number of carbonyl (C=O) groups is 1. The fourth-order valence-corrected chi connectivity index (χ4v) is 9.53. The fourth-order valence-electron chi connectivity index (χ4n) is 8.80. The highest BCUT2D eigenvalue weighted by Crippen LogP contribution is 2.43. The molecule has 0 aromatic carbocycles. The van der Waals surface area contributed by atoms with E-state index in [1.807, 2.05) is 27.2 Å². The average Bonchev–Trinajstić information content (AvgIpc) is 3.32. The molecule has 9 heteroatoms. The van der Waals surface area contributed by atoms with E-state index in [0.29, 0.717) is 17.4 Å². The van der Waals surface area contributed by atoms with Crippen LogP contribution < -0.4 is 5.32 Å². The Hall–Kier alpha value is -1.54. The SMILES string of the molecule is CCCCCCCCCCC/C=C\C/C=C\CCCCCCCCCCCCCCCC(=O)NC(COP(=O)(O)OCC[N+](C)(C)C)C(O)/C=C/CC/C=C/CCCCCCCCCCCCCCC. The molecule has 0 aromatic heterocycles. The zero-order valence-electron chi connectivity index (χ0n) is 47.0. The maximum absolute atomic E-state index is 13.0. The number of hydrogen-bond donors (Lipinski definition) is 3. The second-order valence-electron chi connectivity index (χ2n) is 21.7. The van der Waals surface area contributed by atoms with Gasteiger partial charge < -0.3 is 19.8 Å². The third kappa shape index (κ3) is 54.2. The van der Waals surface area contributed by atoms with Gasteiger partial charge in [0.15, 0.2) is 0 Å². The minimum absolute atomic E-state index is 0.0558. The summed E-state index contributed by atoms with van der Waals surface area (Å²) >= 11 is 0. The smallest absolute Gasteiger partial charge is 0.387 e. The molecule has 0 heterocycles. The Balaban J connectivity index is 4.18. The van der Waals surface area contributed by atoms with Crippen molar-refractivity contribution in [3.05, 3.63) is 48.6 Å². The van der Waals surface area contributed by atoms with E-state index in [2.05, 4.69) is 55.6 Å². The molecule has 0 aliphatic heterocycles. The van der Waals surface area contributed by atoms with Crippen molar-refractivity contribution in [2.45, 2.75) is 296 Å².